The zero-order valence-corrected chi connectivity index (χ0v) is 13.9. The maximum atomic E-state index is 2.39. The van der Waals surface area contributed by atoms with E-state index in [1.54, 1.807) is 0 Å². The number of fused-ring (bicyclic) bond motifs is 3. The molecule has 1 aromatic heterocycles. The lowest BCUT2D eigenvalue weighted by Crippen LogP contribution is -1.95. The average Bonchev–Trinajstić information content (AvgIpc) is 2.88. The molecular formula is C22H21N. The Labute approximate surface area is 137 Å². The maximum Gasteiger partial charge on any atom is 0.0543 e. The van der Waals surface area contributed by atoms with E-state index in [2.05, 4.69) is 92.1 Å². The van der Waals surface area contributed by atoms with Crippen molar-refractivity contribution in [3.63, 3.8) is 0 Å². The Hall–Kier alpha value is -2.54. The van der Waals surface area contributed by atoms with Crippen molar-refractivity contribution in [2.24, 2.45) is 0 Å². The highest BCUT2D eigenvalue weighted by atomic mass is 15.0. The van der Waals surface area contributed by atoms with Gasteiger partial charge in [0.2, 0.25) is 0 Å². The number of rotatable bonds is 2. The van der Waals surface area contributed by atoms with Crippen molar-refractivity contribution >= 4 is 21.8 Å². The lowest BCUT2D eigenvalue weighted by atomic mass is 10.0. The zero-order valence-electron chi connectivity index (χ0n) is 13.9. The third-order valence-electron chi connectivity index (χ3n) is 4.62. The van der Waals surface area contributed by atoms with Crippen LogP contribution in [0.2, 0.25) is 0 Å². The number of hydrogen-bond acceptors (Lipinski definition) is 0. The Bertz CT molecular complexity index is 1010. The molecule has 0 amide bonds. The Morgan fingerprint density at radius 2 is 1.52 bits per heavy atom. The van der Waals surface area contributed by atoms with Crippen molar-refractivity contribution < 1.29 is 0 Å². The molecule has 0 spiro atoms. The minimum Gasteiger partial charge on any atom is -0.309 e. The first-order valence-electron chi connectivity index (χ1n) is 8.25. The molecule has 0 saturated carbocycles. The van der Waals surface area contributed by atoms with Crippen LogP contribution in [0.15, 0.2) is 66.7 Å². The Kier molecular flexibility index (Phi) is 3.23. The van der Waals surface area contributed by atoms with Gasteiger partial charge in [0.1, 0.15) is 0 Å². The number of hydrogen-bond donors (Lipinski definition) is 0. The molecule has 3 aromatic carbocycles. The lowest BCUT2D eigenvalue weighted by molar-refractivity contribution is 0.868. The van der Waals surface area contributed by atoms with Gasteiger partial charge in [-0.2, -0.15) is 0 Å². The average molecular weight is 299 g/mol. The summed E-state index contributed by atoms with van der Waals surface area (Å²) in [6.45, 7) is 6.65. The monoisotopic (exact) mass is 299 g/mol. The van der Waals surface area contributed by atoms with Crippen LogP contribution < -0.4 is 0 Å². The molecule has 1 heteroatoms. The van der Waals surface area contributed by atoms with Crippen molar-refractivity contribution in [1.82, 2.24) is 4.57 Å². The molecule has 0 bridgehead atoms. The summed E-state index contributed by atoms with van der Waals surface area (Å²) in [4.78, 5) is 0. The molecule has 4 aromatic rings. The minimum atomic E-state index is 0.531. The molecule has 0 atom stereocenters. The molecule has 0 fully saturated rings. The first-order valence-corrected chi connectivity index (χ1v) is 8.25. The van der Waals surface area contributed by atoms with E-state index in [4.69, 9.17) is 0 Å². The largest absolute Gasteiger partial charge is 0.309 e. The molecule has 0 radical (unpaired) electrons. The van der Waals surface area contributed by atoms with Gasteiger partial charge in [0.25, 0.3) is 0 Å². The summed E-state index contributed by atoms with van der Waals surface area (Å²) in [5.74, 6) is 0.531. The summed E-state index contributed by atoms with van der Waals surface area (Å²) in [6.07, 6.45) is 0. The van der Waals surface area contributed by atoms with Gasteiger partial charge in [-0.3, -0.25) is 0 Å². The number of aromatic nitrogens is 1. The predicted molar refractivity (Wildman–Crippen MR) is 99.6 cm³/mol. The van der Waals surface area contributed by atoms with Crippen LogP contribution in [0.1, 0.15) is 30.9 Å². The molecular weight excluding hydrogens is 278 g/mol. The van der Waals surface area contributed by atoms with E-state index in [1.807, 2.05) is 0 Å². The van der Waals surface area contributed by atoms with Crippen LogP contribution in [0.25, 0.3) is 27.5 Å². The third kappa shape index (κ3) is 2.24. The third-order valence-corrected chi connectivity index (χ3v) is 4.62. The number of aryl methyl sites for hydroxylation is 1. The molecule has 0 aliphatic carbocycles. The SMILES string of the molecule is Cc1cccc(-n2c3ccccc3c3ccc(C(C)C)cc32)c1. The van der Waals surface area contributed by atoms with Crippen molar-refractivity contribution in [1.29, 1.82) is 0 Å². The van der Waals surface area contributed by atoms with Crippen molar-refractivity contribution in [2.45, 2.75) is 26.7 Å². The summed E-state index contributed by atoms with van der Waals surface area (Å²) in [6, 6.07) is 24.3. The summed E-state index contributed by atoms with van der Waals surface area (Å²) >= 11 is 0. The summed E-state index contributed by atoms with van der Waals surface area (Å²) in [5, 5.41) is 2.64. The van der Waals surface area contributed by atoms with E-state index in [9.17, 15) is 0 Å². The second-order valence-corrected chi connectivity index (χ2v) is 6.62. The lowest BCUT2D eigenvalue weighted by Gasteiger charge is -2.10. The van der Waals surface area contributed by atoms with Crippen LogP contribution in [-0.2, 0) is 0 Å². The molecule has 4 rings (SSSR count). The second kappa shape index (κ2) is 5.27. The second-order valence-electron chi connectivity index (χ2n) is 6.62. The Morgan fingerprint density at radius 1 is 0.739 bits per heavy atom. The molecule has 0 unspecified atom stereocenters. The van der Waals surface area contributed by atoms with Crippen LogP contribution in [0, 0.1) is 6.92 Å². The highest BCUT2D eigenvalue weighted by Gasteiger charge is 2.13. The standard InChI is InChI=1S/C22H21N/c1-15(2)17-11-12-20-19-9-4-5-10-21(19)23(22(20)14-17)18-8-6-7-16(3)13-18/h4-15H,1-3H3. The fourth-order valence-corrected chi connectivity index (χ4v) is 3.39. The highest BCUT2D eigenvalue weighted by molar-refractivity contribution is 6.09. The topological polar surface area (TPSA) is 4.93 Å². The molecule has 1 heterocycles. The molecule has 0 aliphatic rings. The van der Waals surface area contributed by atoms with Gasteiger partial charge >= 0.3 is 0 Å². The van der Waals surface area contributed by atoms with Gasteiger partial charge in [-0.25, -0.2) is 0 Å². The smallest absolute Gasteiger partial charge is 0.0543 e. The van der Waals surface area contributed by atoms with Crippen LogP contribution in [0.5, 0.6) is 0 Å². The normalized spacial score (nSPS) is 11.7. The number of nitrogens with zero attached hydrogens (tertiary/aromatic N) is 1. The van der Waals surface area contributed by atoms with Crippen molar-refractivity contribution in [3.05, 3.63) is 77.9 Å². The first kappa shape index (κ1) is 14.1. The molecule has 0 N–H and O–H groups in total. The van der Waals surface area contributed by atoms with Gasteiger partial charge in [-0.05, 0) is 48.2 Å². The summed E-state index contributed by atoms with van der Waals surface area (Å²) in [7, 11) is 0. The molecule has 0 aliphatic heterocycles. The van der Waals surface area contributed by atoms with Gasteiger partial charge < -0.3 is 4.57 Å². The van der Waals surface area contributed by atoms with Crippen LogP contribution in [-0.4, -0.2) is 4.57 Å². The van der Waals surface area contributed by atoms with E-state index >= 15 is 0 Å². The summed E-state index contributed by atoms with van der Waals surface area (Å²) < 4.78 is 2.39. The molecule has 1 nitrogen and oxygen atoms in total. The van der Waals surface area contributed by atoms with E-state index in [1.165, 1.54) is 38.6 Å². The fraction of sp³-hybridized carbons (Fsp3) is 0.182. The quantitative estimate of drug-likeness (QED) is 0.414. The number of para-hydroxylation sites is 1. The van der Waals surface area contributed by atoms with E-state index in [0.717, 1.165) is 0 Å². The first-order chi connectivity index (χ1) is 11.1. The van der Waals surface area contributed by atoms with Crippen molar-refractivity contribution in [2.75, 3.05) is 0 Å². The highest BCUT2D eigenvalue weighted by Crippen LogP contribution is 2.33. The van der Waals surface area contributed by atoms with Gasteiger partial charge in [0, 0.05) is 16.5 Å². The molecule has 0 saturated heterocycles. The summed E-state index contributed by atoms with van der Waals surface area (Å²) in [5.41, 5.74) is 6.47. The van der Waals surface area contributed by atoms with Crippen LogP contribution >= 0.6 is 0 Å². The minimum absolute atomic E-state index is 0.531. The Balaban J connectivity index is 2.15. The molecule has 23 heavy (non-hydrogen) atoms. The van der Waals surface area contributed by atoms with E-state index < -0.39 is 0 Å². The van der Waals surface area contributed by atoms with Gasteiger partial charge in [-0.1, -0.05) is 56.3 Å². The Morgan fingerprint density at radius 3 is 2.30 bits per heavy atom. The van der Waals surface area contributed by atoms with Crippen LogP contribution in [0.3, 0.4) is 0 Å². The van der Waals surface area contributed by atoms with E-state index in [-0.39, 0.29) is 0 Å². The van der Waals surface area contributed by atoms with Crippen LogP contribution in [0.4, 0.5) is 0 Å². The van der Waals surface area contributed by atoms with Crippen molar-refractivity contribution in [3.8, 4) is 5.69 Å². The molecule has 114 valence electrons. The fourth-order valence-electron chi connectivity index (χ4n) is 3.39. The van der Waals surface area contributed by atoms with Gasteiger partial charge in [0.15, 0.2) is 0 Å². The number of benzene rings is 3. The zero-order chi connectivity index (χ0) is 16.0. The predicted octanol–water partition coefficient (Wildman–Crippen LogP) is 6.22. The van der Waals surface area contributed by atoms with Gasteiger partial charge in [-0.15, -0.1) is 0 Å². The maximum absolute atomic E-state index is 2.39. The van der Waals surface area contributed by atoms with Gasteiger partial charge in [0.05, 0.1) is 11.0 Å². The van der Waals surface area contributed by atoms with E-state index in [0.29, 0.717) is 5.92 Å².